The average Bonchev–Trinajstić information content (AvgIpc) is 2.93. The Kier molecular flexibility index (Phi) is 32.9. The number of ether oxygens (including phenoxy) is 2. The molecule has 252 valence electrons. The van der Waals surface area contributed by atoms with E-state index in [1.807, 2.05) is 0 Å². The first-order valence-electron chi connectivity index (χ1n) is 15.3. The van der Waals surface area contributed by atoms with Gasteiger partial charge >= 0.3 is 276 Å². The molecule has 0 aromatic rings. The molecule has 0 aromatic heterocycles. The Morgan fingerprint density at radius 1 is 0.619 bits per heavy atom. The van der Waals surface area contributed by atoms with Gasteiger partial charge in [-0.3, -0.25) is 0 Å². The zero-order valence-corrected chi connectivity index (χ0v) is 35.5. The Morgan fingerprint density at radius 2 is 1.00 bits per heavy atom. The first-order chi connectivity index (χ1) is 19.9. The van der Waals surface area contributed by atoms with Crippen LogP contribution in [0.2, 0.25) is 17.7 Å². The molecule has 0 spiro atoms. The van der Waals surface area contributed by atoms with Gasteiger partial charge in [0, 0.05) is 0 Å². The molecule has 0 unspecified atom stereocenters. The third kappa shape index (κ3) is 28.0. The van der Waals surface area contributed by atoms with Crippen LogP contribution in [0, 0.1) is 0 Å². The van der Waals surface area contributed by atoms with Crippen LogP contribution < -0.4 is 0 Å². The van der Waals surface area contributed by atoms with E-state index in [4.69, 9.17) is 51.9 Å². The Morgan fingerprint density at radius 3 is 1.33 bits per heavy atom. The predicted molar refractivity (Wildman–Crippen MR) is 177 cm³/mol. The van der Waals surface area contributed by atoms with Crippen LogP contribution in [-0.4, -0.2) is 83.5 Å². The third-order valence-electron chi connectivity index (χ3n) is 5.70. The van der Waals surface area contributed by atoms with E-state index in [9.17, 15) is 9.59 Å². The van der Waals surface area contributed by atoms with E-state index in [-0.39, 0.29) is 34.9 Å². The van der Waals surface area contributed by atoms with Gasteiger partial charge in [0.25, 0.3) is 0 Å². The van der Waals surface area contributed by atoms with Gasteiger partial charge in [0.1, 0.15) is 0 Å². The minimum absolute atomic E-state index is 0.0411. The molecule has 0 bridgehead atoms. The Labute approximate surface area is 273 Å². The van der Waals surface area contributed by atoms with Gasteiger partial charge in [0.2, 0.25) is 0 Å². The van der Waals surface area contributed by atoms with Crippen molar-refractivity contribution in [2.45, 2.75) is 123 Å². The van der Waals surface area contributed by atoms with Gasteiger partial charge in [0.15, 0.2) is 0 Å². The molecule has 16 heteroatoms. The van der Waals surface area contributed by atoms with E-state index in [0.29, 0.717) is 13.2 Å². The number of carbonyl (C=O) groups excluding carboxylic acids is 2. The molecule has 0 atom stereocenters. The second-order valence-corrected chi connectivity index (χ2v) is 39.6. The van der Waals surface area contributed by atoms with Crippen molar-refractivity contribution in [3.8, 4) is 0 Å². The Bertz CT molecular complexity index is 633. The fraction of sp³-hybridized carbons (Fsp3) is 0.923. The summed E-state index contributed by atoms with van der Waals surface area (Å²) in [7, 11) is 9.40. The summed E-state index contributed by atoms with van der Waals surface area (Å²) in [5.41, 5.74) is 0. The molecule has 0 saturated heterocycles. The molecular formula is C26H56Cl2O10P2Sn2. The van der Waals surface area contributed by atoms with Crippen molar-refractivity contribution in [3.63, 3.8) is 0 Å². The molecule has 0 aliphatic heterocycles. The van der Waals surface area contributed by atoms with Gasteiger partial charge < -0.3 is 0 Å². The SMILES string of the molecule is CCCCOP(OCCCC)[O][Sn]([Cl])([CH2]CCC)[CH2]CCC.CCOC(=O)C[CH2][Sn]([Cl])([CH2]CC(=O)OCC)[O]P(O)O. The summed E-state index contributed by atoms with van der Waals surface area (Å²) in [6, 6.07) is 0. The quantitative estimate of drug-likeness (QED) is 0.0376. The van der Waals surface area contributed by atoms with E-state index >= 15 is 0 Å². The van der Waals surface area contributed by atoms with Gasteiger partial charge in [-0.25, -0.2) is 0 Å². The number of hydrogen-bond donors (Lipinski definition) is 2. The summed E-state index contributed by atoms with van der Waals surface area (Å²) in [6.45, 7) is 14.1. The van der Waals surface area contributed by atoms with Crippen LogP contribution in [0.25, 0.3) is 0 Å². The molecule has 0 aromatic carbocycles. The predicted octanol–water partition coefficient (Wildman–Crippen LogP) is 8.95. The topological polar surface area (TPSA) is 130 Å². The van der Waals surface area contributed by atoms with Crippen molar-refractivity contribution >= 4 is 82.3 Å². The molecule has 42 heavy (non-hydrogen) atoms. The summed E-state index contributed by atoms with van der Waals surface area (Å²) >= 11 is -6.94. The fourth-order valence-corrected chi connectivity index (χ4v) is 29.0. The van der Waals surface area contributed by atoms with Crippen molar-refractivity contribution in [1.29, 1.82) is 0 Å². The van der Waals surface area contributed by atoms with Crippen molar-refractivity contribution < 1.29 is 43.6 Å². The van der Waals surface area contributed by atoms with Crippen LogP contribution in [0.1, 0.15) is 106 Å². The van der Waals surface area contributed by atoms with Crippen LogP contribution in [0.5, 0.6) is 0 Å². The van der Waals surface area contributed by atoms with Gasteiger partial charge in [-0.05, 0) is 0 Å². The summed E-state index contributed by atoms with van der Waals surface area (Å²) in [4.78, 5) is 40.5. The first kappa shape index (κ1) is 45.9. The molecule has 0 heterocycles. The molecule has 0 aliphatic carbocycles. The fourth-order valence-electron chi connectivity index (χ4n) is 3.29. The third-order valence-corrected chi connectivity index (χ3v) is 35.5. The standard InChI is InChI=1S/C8H18O3P.2C5H9O2.2C4H9.2ClH.H2O3P.2Sn/c1-3-5-7-10-12(9)11-8-6-4-2;2*1-3-5(6)7-4-2;2*1-3-4-2;;;1-4(2)3;;/h3-8H2,1-2H3;2*1,3-4H2,2H3;2*1,3-4H2,2H3;2*1H;1-2H;;/q-1;;;;;;;-1;2*+2/p-2. The maximum absolute atomic E-state index is 11.3. The number of rotatable bonds is 26. The molecule has 0 saturated carbocycles. The average molecular weight is 899 g/mol. The molecule has 10 nitrogen and oxygen atoms in total. The van der Waals surface area contributed by atoms with Gasteiger partial charge in [-0.2, -0.15) is 0 Å². The summed E-state index contributed by atoms with van der Waals surface area (Å²) in [5, 5.41) is 0. The molecular weight excluding hydrogens is 843 g/mol. The van der Waals surface area contributed by atoms with Crippen molar-refractivity contribution in [2.24, 2.45) is 0 Å². The van der Waals surface area contributed by atoms with E-state index in [1.54, 1.807) is 13.8 Å². The van der Waals surface area contributed by atoms with E-state index in [1.165, 1.54) is 12.8 Å². The minimum atomic E-state index is -3.90. The van der Waals surface area contributed by atoms with Gasteiger partial charge in [0.05, 0.1) is 0 Å². The summed E-state index contributed by atoms with van der Waals surface area (Å²) < 4.78 is 35.2. The van der Waals surface area contributed by atoms with Crippen molar-refractivity contribution in [2.75, 3.05) is 26.4 Å². The molecule has 0 rings (SSSR count). The molecule has 2 N–H and O–H groups in total. The number of carbonyl (C=O) groups is 2. The molecule has 0 amide bonds. The van der Waals surface area contributed by atoms with Crippen molar-refractivity contribution in [1.82, 2.24) is 0 Å². The van der Waals surface area contributed by atoms with Gasteiger partial charge in [-0.1, -0.05) is 0 Å². The zero-order chi connectivity index (χ0) is 32.3. The Hall–Kier alpha value is 1.74. The maximum atomic E-state index is 11.3. The van der Waals surface area contributed by atoms with Crippen LogP contribution in [0.4, 0.5) is 0 Å². The normalized spacial score (nSPS) is 11.9. The molecule has 0 fully saturated rings. The van der Waals surface area contributed by atoms with Crippen LogP contribution in [-0.2, 0) is 33.8 Å². The number of hydrogen-bond acceptors (Lipinski definition) is 10. The van der Waals surface area contributed by atoms with Crippen LogP contribution in [0.3, 0.4) is 0 Å². The van der Waals surface area contributed by atoms with E-state index in [2.05, 4.69) is 27.7 Å². The van der Waals surface area contributed by atoms with Crippen molar-refractivity contribution in [3.05, 3.63) is 0 Å². The number of halogens is 2. The second-order valence-electron chi connectivity index (χ2n) is 9.62. The number of esters is 2. The zero-order valence-electron chi connectivity index (χ0n) is 26.5. The van der Waals surface area contributed by atoms with Gasteiger partial charge in [-0.15, -0.1) is 0 Å². The van der Waals surface area contributed by atoms with Crippen LogP contribution >= 0.6 is 35.0 Å². The summed E-state index contributed by atoms with van der Waals surface area (Å²) in [6.07, 6.45) is 9.10. The molecule has 0 aliphatic rings. The molecule has 0 radical (unpaired) electrons. The van der Waals surface area contributed by atoms with E-state index < -0.39 is 64.5 Å². The van der Waals surface area contributed by atoms with E-state index in [0.717, 1.165) is 47.4 Å². The summed E-state index contributed by atoms with van der Waals surface area (Å²) in [5.74, 6) is -0.844. The second kappa shape index (κ2) is 30.1. The first-order valence-corrected chi connectivity index (χ1v) is 35.1. The number of unbranched alkanes of at least 4 members (excludes halogenated alkanes) is 4. The monoisotopic (exact) mass is 900 g/mol. The van der Waals surface area contributed by atoms with Crippen LogP contribution in [0.15, 0.2) is 0 Å². The Balaban J connectivity index is 0.